The number of fused-ring (bicyclic) bond motifs is 2. The van der Waals surface area contributed by atoms with Crippen LogP contribution in [0.5, 0.6) is 0 Å². The van der Waals surface area contributed by atoms with Crippen molar-refractivity contribution in [2.45, 2.75) is 57.2 Å². The van der Waals surface area contributed by atoms with Gasteiger partial charge in [-0.3, -0.25) is 10.00 Å². The second-order valence-electron chi connectivity index (χ2n) is 8.94. The monoisotopic (exact) mass is 437 g/mol. The van der Waals surface area contributed by atoms with E-state index in [1.807, 2.05) is 19.1 Å². The maximum Gasteiger partial charge on any atom is 0.226 e. The second-order valence-corrected chi connectivity index (χ2v) is 8.94. The molecule has 3 fully saturated rings. The number of nitrogens with zero attached hydrogens (tertiary/aromatic N) is 6. The van der Waals surface area contributed by atoms with Crippen LogP contribution in [-0.2, 0) is 4.74 Å². The highest BCUT2D eigenvalue weighted by atomic mass is 16.5. The molecule has 3 aliphatic heterocycles. The van der Waals surface area contributed by atoms with E-state index in [1.54, 1.807) is 0 Å². The number of hydrogen-bond acceptors (Lipinski definition) is 9. The van der Waals surface area contributed by atoms with Crippen molar-refractivity contribution in [1.29, 1.82) is 5.26 Å². The van der Waals surface area contributed by atoms with Gasteiger partial charge in [0, 0.05) is 62.0 Å². The van der Waals surface area contributed by atoms with Crippen molar-refractivity contribution in [1.82, 2.24) is 25.1 Å². The quantitative estimate of drug-likeness (QED) is 0.600. The van der Waals surface area contributed by atoms with E-state index in [1.165, 1.54) is 12.8 Å². The highest BCUT2D eigenvalue weighted by molar-refractivity contribution is 5.59. The van der Waals surface area contributed by atoms with Crippen molar-refractivity contribution in [2.24, 2.45) is 0 Å². The van der Waals surface area contributed by atoms with Crippen LogP contribution in [-0.4, -0.2) is 76.0 Å². The molecule has 1 unspecified atom stereocenters. The summed E-state index contributed by atoms with van der Waals surface area (Å²) in [6.45, 7) is 5.91. The molecule has 0 radical (unpaired) electrons. The molecule has 10 heteroatoms. The molecule has 3 aliphatic rings. The number of aromatic nitrogens is 4. The van der Waals surface area contributed by atoms with Gasteiger partial charge in [-0.15, -0.1) is 0 Å². The van der Waals surface area contributed by atoms with Crippen LogP contribution in [0.3, 0.4) is 0 Å². The summed E-state index contributed by atoms with van der Waals surface area (Å²) in [6.07, 6.45) is 5.17. The average Bonchev–Trinajstić information content (AvgIpc) is 3.31. The predicted molar refractivity (Wildman–Crippen MR) is 122 cm³/mol. The SMILES string of the molecule is Cc1cc(Nc2cc(N3CCOCC3)nc(NC3C[C@H]4CC[C@@H](C3)N4CCC#N)n2)n[nH]1. The molecular weight excluding hydrogens is 406 g/mol. The number of morpholine rings is 1. The van der Waals surface area contributed by atoms with Crippen LogP contribution < -0.4 is 15.5 Å². The van der Waals surface area contributed by atoms with Gasteiger partial charge in [0.25, 0.3) is 0 Å². The third-order valence-corrected chi connectivity index (χ3v) is 6.71. The number of aryl methyl sites for hydroxylation is 1. The fourth-order valence-electron chi connectivity index (χ4n) is 5.25. The van der Waals surface area contributed by atoms with Crippen molar-refractivity contribution < 1.29 is 4.74 Å². The lowest BCUT2D eigenvalue weighted by molar-refractivity contribution is 0.122. The van der Waals surface area contributed by atoms with Gasteiger partial charge in [-0.1, -0.05) is 0 Å². The zero-order valence-electron chi connectivity index (χ0n) is 18.5. The first kappa shape index (κ1) is 21.0. The van der Waals surface area contributed by atoms with Crippen LogP contribution in [0.2, 0.25) is 0 Å². The second kappa shape index (κ2) is 9.30. The van der Waals surface area contributed by atoms with E-state index >= 15 is 0 Å². The number of ether oxygens (including phenoxy) is 1. The Hall–Kier alpha value is -2.90. The Bertz CT molecular complexity index is 951. The Balaban J connectivity index is 1.33. The third-order valence-electron chi connectivity index (χ3n) is 6.71. The number of piperidine rings is 1. The first-order chi connectivity index (χ1) is 15.7. The fraction of sp³-hybridized carbons (Fsp3) is 0.636. The summed E-state index contributed by atoms with van der Waals surface area (Å²) in [5.41, 5.74) is 0.993. The van der Waals surface area contributed by atoms with Gasteiger partial charge in [-0.05, 0) is 32.6 Å². The molecule has 32 heavy (non-hydrogen) atoms. The molecule has 0 amide bonds. The van der Waals surface area contributed by atoms with Crippen LogP contribution in [0.25, 0.3) is 0 Å². The summed E-state index contributed by atoms with van der Waals surface area (Å²) >= 11 is 0. The minimum atomic E-state index is 0.339. The number of aromatic amines is 1. The molecule has 5 rings (SSSR count). The topological polar surface area (TPSA) is 118 Å². The van der Waals surface area contributed by atoms with Crippen LogP contribution in [0.1, 0.15) is 37.8 Å². The van der Waals surface area contributed by atoms with Gasteiger partial charge in [0.15, 0.2) is 5.82 Å². The van der Waals surface area contributed by atoms with Crippen LogP contribution in [0.15, 0.2) is 12.1 Å². The molecule has 0 aliphatic carbocycles. The van der Waals surface area contributed by atoms with E-state index in [0.717, 1.165) is 55.6 Å². The van der Waals surface area contributed by atoms with E-state index in [2.05, 4.69) is 36.7 Å². The predicted octanol–water partition coefficient (Wildman–Crippen LogP) is 2.41. The molecule has 0 spiro atoms. The van der Waals surface area contributed by atoms with E-state index in [0.29, 0.717) is 43.7 Å². The fourth-order valence-corrected chi connectivity index (χ4v) is 5.25. The zero-order valence-corrected chi connectivity index (χ0v) is 18.5. The van der Waals surface area contributed by atoms with Crippen LogP contribution in [0, 0.1) is 18.3 Å². The van der Waals surface area contributed by atoms with E-state index < -0.39 is 0 Å². The largest absolute Gasteiger partial charge is 0.378 e. The molecular formula is C22H31N9O. The highest BCUT2D eigenvalue weighted by Crippen LogP contribution is 2.36. The summed E-state index contributed by atoms with van der Waals surface area (Å²) in [7, 11) is 0. The van der Waals surface area contributed by atoms with E-state index in [9.17, 15) is 0 Å². The van der Waals surface area contributed by atoms with E-state index in [4.69, 9.17) is 20.0 Å². The summed E-state index contributed by atoms with van der Waals surface area (Å²) in [5.74, 6) is 3.02. The maximum absolute atomic E-state index is 8.97. The average molecular weight is 438 g/mol. The van der Waals surface area contributed by atoms with Crippen molar-refractivity contribution in [3.8, 4) is 6.07 Å². The van der Waals surface area contributed by atoms with Crippen molar-refractivity contribution in [3.05, 3.63) is 17.8 Å². The molecule has 10 nitrogen and oxygen atoms in total. The minimum absolute atomic E-state index is 0.339. The first-order valence-electron chi connectivity index (χ1n) is 11.6. The van der Waals surface area contributed by atoms with Gasteiger partial charge in [0.2, 0.25) is 5.95 Å². The molecule has 0 aromatic carbocycles. The minimum Gasteiger partial charge on any atom is -0.378 e. The summed E-state index contributed by atoms with van der Waals surface area (Å²) in [5, 5.41) is 23.2. The van der Waals surface area contributed by atoms with Crippen LogP contribution >= 0.6 is 0 Å². The van der Waals surface area contributed by atoms with Gasteiger partial charge in [-0.25, -0.2) is 0 Å². The first-order valence-corrected chi connectivity index (χ1v) is 11.6. The highest BCUT2D eigenvalue weighted by Gasteiger charge is 2.40. The van der Waals surface area contributed by atoms with Gasteiger partial charge >= 0.3 is 0 Å². The molecule has 3 atom stereocenters. The zero-order chi connectivity index (χ0) is 21.9. The molecule has 5 heterocycles. The van der Waals surface area contributed by atoms with Gasteiger partial charge in [0.1, 0.15) is 11.6 Å². The maximum atomic E-state index is 8.97. The number of rotatable bonds is 7. The van der Waals surface area contributed by atoms with Gasteiger partial charge in [-0.2, -0.15) is 20.3 Å². The van der Waals surface area contributed by atoms with Crippen LogP contribution in [0.4, 0.5) is 23.4 Å². The number of nitriles is 1. The Kier molecular flexibility index (Phi) is 6.10. The molecule has 170 valence electrons. The molecule has 2 aromatic rings. The lowest BCUT2D eigenvalue weighted by Gasteiger charge is -2.39. The Morgan fingerprint density at radius 2 is 1.94 bits per heavy atom. The third kappa shape index (κ3) is 4.64. The molecule has 2 bridgehead atoms. The number of hydrogen-bond donors (Lipinski definition) is 3. The molecule has 3 N–H and O–H groups in total. The number of nitrogens with one attached hydrogen (secondary N) is 3. The van der Waals surface area contributed by atoms with Gasteiger partial charge < -0.3 is 20.3 Å². The van der Waals surface area contributed by atoms with E-state index in [-0.39, 0.29) is 0 Å². The molecule has 2 aromatic heterocycles. The molecule has 3 saturated heterocycles. The Morgan fingerprint density at radius 3 is 2.62 bits per heavy atom. The number of H-pyrrole nitrogens is 1. The van der Waals surface area contributed by atoms with Crippen molar-refractivity contribution in [3.63, 3.8) is 0 Å². The summed E-state index contributed by atoms with van der Waals surface area (Å²) in [4.78, 5) is 14.4. The summed E-state index contributed by atoms with van der Waals surface area (Å²) < 4.78 is 5.51. The van der Waals surface area contributed by atoms with Crippen molar-refractivity contribution >= 4 is 23.4 Å². The smallest absolute Gasteiger partial charge is 0.226 e. The van der Waals surface area contributed by atoms with Gasteiger partial charge in [0.05, 0.1) is 19.3 Å². The standard InChI is InChI=1S/C22H31N9O/c1-15-11-20(29-28-15)25-19-14-21(30-7-9-32-10-8-30)27-22(26-19)24-16-12-17-3-4-18(13-16)31(17)6-2-5-23/h11,14,16-18H,2-4,6-10,12-13H2,1H3,(H3,24,25,26,27,28,29)/t16?,17-,18+. The normalized spacial score (nSPS) is 25.5. The van der Waals surface area contributed by atoms with Crippen molar-refractivity contribution in [2.75, 3.05) is 48.4 Å². The summed E-state index contributed by atoms with van der Waals surface area (Å²) in [6, 6.07) is 7.67. The Labute approximate surface area is 188 Å². The molecule has 0 saturated carbocycles. The number of anilines is 4. The lowest BCUT2D eigenvalue weighted by Crippen LogP contribution is -2.47. The lowest BCUT2D eigenvalue weighted by atomic mass is 9.97. The Morgan fingerprint density at radius 1 is 1.16 bits per heavy atom.